The summed E-state index contributed by atoms with van der Waals surface area (Å²) in [5, 5.41) is 4.95. The monoisotopic (exact) mass is 513 g/mol. The molecule has 0 aliphatic heterocycles. The highest BCUT2D eigenvalue weighted by molar-refractivity contribution is 6.42. The smallest absolute Gasteiger partial charge is 0.271 e. The summed E-state index contributed by atoms with van der Waals surface area (Å²) < 4.78 is 7.93. The van der Waals surface area contributed by atoms with Crippen molar-refractivity contribution in [1.29, 1.82) is 0 Å². The molecule has 2 aromatic heterocycles. The maximum Gasteiger partial charge on any atom is 0.271 e. The predicted octanol–water partition coefficient (Wildman–Crippen LogP) is 7.78. The van der Waals surface area contributed by atoms with Crippen molar-refractivity contribution in [3.05, 3.63) is 124 Å². The SMILES string of the molecule is Cc1ccc(-c2ccccc2)n1-c1ccc(C(=O)N/N=C\c2ccc(-c3ccc(Cl)c(Cl)c3)o2)cc1. The zero-order valence-corrected chi connectivity index (χ0v) is 20.8. The Balaban J connectivity index is 1.26. The van der Waals surface area contributed by atoms with Crippen LogP contribution >= 0.6 is 23.2 Å². The molecule has 3 aromatic carbocycles. The lowest BCUT2D eigenvalue weighted by molar-refractivity contribution is 0.0955. The van der Waals surface area contributed by atoms with Crippen molar-refractivity contribution < 1.29 is 9.21 Å². The standard InChI is InChI=1S/C29H21Cl2N3O2/c1-19-7-15-27(20-5-3-2-4-6-20)34(19)23-11-8-21(9-12-23)29(35)33-32-18-24-13-16-28(36-24)22-10-14-25(30)26(31)17-22/h2-18H,1H3,(H,33,35)/b32-18-. The molecule has 5 rings (SSSR count). The molecule has 1 amide bonds. The van der Waals surface area contributed by atoms with E-state index in [0.29, 0.717) is 27.1 Å². The Labute approximate surface area is 218 Å². The highest BCUT2D eigenvalue weighted by atomic mass is 35.5. The number of nitrogens with zero attached hydrogens (tertiary/aromatic N) is 2. The number of hydrazone groups is 1. The van der Waals surface area contributed by atoms with Crippen LogP contribution in [0.4, 0.5) is 0 Å². The van der Waals surface area contributed by atoms with Crippen molar-refractivity contribution in [1.82, 2.24) is 9.99 Å². The Hall–Kier alpha value is -4.06. The molecule has 178 valence electrons. The van der Waals surface area contributed by atoms with E-state index < -0.39 is 0 Å². The molecule has 0 fully saturated rings. The maximum absolute atomic E-state index is 12.6. The van der Waals surface area contributed by atoms with Crippen LogP contribution < -0.4 is 5.43 Å². The Kier molecular flexibility index (Phi) is 6.76. The van der Waals surface area contributed by atoms with Gasteiger partial charge in [0.25, 0.3) is 5.91 Å². The van der Waals surface area contributed by atoms with Crippen LogP contribution in [0.3, 0.4) is 0 Å². The fraction of sp³-hybridized carbons (Fsp3) is 0.0345. The van der Waals surface area contributed by atoms with E-state index in [1.165, 1.54) is 6.21 Å². The van der Waals surface area contributed by atoms with E-state index in [2.05, 4.69) is 46.3 Å². The second kappa shape index (κ2) is 10.3. The lowest BCUT2D eigenvalue weighted by atomic mass is 10.1. The molecule has 1 N–H and O–H groups in total. The van der Waals surface area contributed by atoms with Gasteiger partial charge in [-0.05, 0) is 79.2 Å². The number of furan rings is 1. The Bertz CT molecular complexity index is 1550. The number of halogens is 2. The quantitative estimate of drug-likeness (QED) is 0.186. The molecule has 2 heterocycles. The average Bonchev–Trinajstić information content (AvgIpc) is 3.53. The zero-order chi connectivity index (χ0) is 25.1. The minimum Gasteiger partial charge on any atom is -0.455 e. The van der Waals surface area contributed by atoms with Crippen molar-refractivity contribution in [2.45, 2.75) is 6.92 Å². The largest absolute Gasteiger partial charge is 0.455 e. The Morgan fingerprint density at radius 3 is 2.39 bits per heavy atom. The zero-order valence-electron chi connectivity index (χ0n) is 19.3. The number of rotatable bonds is 6. The van der Waals surface area contributed by atoms with Gasteiger partial charge in [0, 0.05) is 22.5 Å². The van der Waals surface area contributed by atoms with Gasteiger partial charge >= 0.3 is 0 Å². The summed E-state index contributed by atoms with van der Waals surface area (Å²) >= 11 is 12.1. The normalized spacial score (nSPS) is 11.2. The minimum absolute atomic E-state index is 0.318. The van der Waals surface area contributed by atoms with Gasteiger partial charge in [0.15, 0.2) is 0 Å². The predicted molar refractivity (Wildman–Crippen MR) is 145 cm³/mol. The van der Waals surface area contributed by atoms with E-state index in [-0.39, 0.29) is 5.91 Å². The molecular formula is C29H21Cl2N3O2. The average molecular weight is 514 g/mol. The van der Waals surface area contributed by atoms with Crippen LogP contribution in [0.5, 0.6) is 0 Å². The third-order valence-electron chi connectivity index (χ3n) is 5.72. The van der Waals surface area contributed by atoms with Crippen molar-refractivity contribution in [2.24, 2.45) is 5.10 Å². The molecule has 5 aromatic rings. The summed E-state index contributed by atoms with van der Waals surface area (Å²) in [6.07, 6.45) is 1.45. The molecule has 0 unspecified atom stereocenters. The number of nitrogens with one attached hydrogen (secondary N) is 1. The van der Waals surface area contributed by atoms with Crippen LogP contribution in [0.15, 0.2) is 107 Å². The number of hydrogen-bond acceptors (Lipinski definition) is 3. The summed E-state index contributed by atoms with van der Waals surface area (Å²) in [5.41, 5.74) is 8.13. The van der Waals surface area contributed by atoms with Gasteiger partial charge in [0.1, 0.15) is 11.5 Å². The Morgan fingerprint density at radius 1 is 0.861 bits per heavy atom. The van der Waals surface area contributed by atoms with Crippen molar-refractivity contribution in [3.63, 3.8) is 0 Å². The number of carbonyl (C=O) groups excluding carboxylic acids is 1. The van der Waals surface area contributed by atoms with E-state index >= 15 is 0 Å². The van der Waals surface area contributed by atoms with Crippen LogP contribution in [0.25, 0.3) is 28.3 Å². The van der Waals surface area contributed by atoms with Gasteiger partial charge < -0.3 is 8.98 Å². The maximum atomic E-state index is 12.6. The highest BCUT2D eigenvalue weighted by Crippen LogP contribution is 2.29. The molecule has 0 radical (unpaired) electrons. The first kappa shape index (κ1) is 23.7. The molecule has 7 heteroatoms. The highest BCUT2D eigenvalue weighted by Gasteiger charge is 2.11. The molecule has 0 aliphatic rings. The van der Waals surface area contributed by atoms with Gasteiger partial charge in [0.2, 0.25) is 0 Å². The molecule has 36 heavy (non-hydrogen) atoms. The second-order valence-corrected chi connectivity index (χ2v) is 8.95. The van der Waals surface area contributed by atoms with Crippen LogP contribution in [0, 0.1) is 6.92 Å². The van der Waals surface area contributed by atoms with Crippen LogP contribution in [0.1, 0.15) is 21.8 Å². The van der Waals surface area contributed by atoms with Crippen LogP contribution in [-0.2, 0) is 0 Å². The van der Waals surface area contributed by atoms with Crippen LogP contribution in [0.2, 0.25) is 10.0 Å². The van der Waals surface area contributed by atoms with Crippen molar-refractivity contribution >= 4 is 35.3 Å². The molecule has 0 atom stereocenters. The van der Waals surface area contributed by atoms with Gasteiger partial charge in [-0.25, -0.2) is 5.43 Å². The molecule has 0 aliphatic carbocycles. The number of benzene rings is 3. The molecule has 0 spiro atoms. The van der Waals surface area contributed by atoms with E-state index in [0.717, 1.165) is 28.2 Å². The first-order valence-electron chi connectivity index (χ1n) is 11.2. The number of aromatic nitrogens is 1. The summed E-state index contributed by atoms with van der Waals surface area (Å²) in [5.74, 6) is 0.789. The van der Waals surface area contributed by atoms with Gasteiger partial charge in [-0.1, -0.05) is 53.5 Å². The lowest BCUT2D eigenvalue weighted by Crippen LogP contribution is -2.17. The van der Waals surface area contributed by atoms with Gasteiger partial charge in [0.05, 0.1) is 22.0 Å². The minimum atomic E-state index is -0.318. The van der Waals surface area contributed by atoms with Gasteiger partial charge in [-0.3, -0.25) is 4.79 Å². The topological polar surface area (TPSA) is 59.5 Å². The summed E-state index contributed by atoms with van der Waals surface area (Å²) in [6, 6.07) is 30.6. The molecule has 0 saturated carbocycles. The summed E-state index contributed by atoms with van der Waals surface area (Å²) in [7, 11) is 0. The van der Waals surface area contributed by atoms with E-state index in [1.54, 1.807) is 36.4 Å². The van der Waals surface area contributed by atoms with E-state index in [1.807, 2.05) is 36.4 Å². The van der Waals surface area contributed by atoms with Crippen molar-refractivity contribution in [3.8, 4) is 28.3 Å². The summed E-state index contributed by atoms with van der Waals surface area (Å²) in [6.45, 7) is 2.06. The summed E-state index contributed by atoms with van der Waals surface area (Å²) in [4.78, 5) is 12.6. The van der Waals surface area contributed by atoms with Gasteiger partial charge in [-0.2, -0.15) is 5.10 Å². The molecule has 0 saturated heterocycles. The number of aryl methyl sites for hydroxylation is 1. The first-order valence-corrected chi connectivity index (χ1v) is 12.0. The first-order chi connectivity index (χ1) is 17.5. The molecule has 5 nitrogen and oxygen atoms in total. The fourth-order valence-electron chi connectivity index (χ4n) is 3.92. The fourth-order valence-corrected chi connectivity index (χ4v) is 4.22. The lowest BCUT2D eigenvalue weighted by Gasteiger charge is -2.12. The third kappa shape index (κ3) is 4.98. The molecule has 0 bridgehead atoms. The third-order valence-corrected chi connectivity index (χ3v) is 6.46. The van der Waals surface area contributed by atoms with Crippen molar-refractivity contribution in [2.75, 3.05) is 0 Å². The number of carbonyl (C=O) groups is 1. The number of hydrogen-bond donors (Lipinski definition) is 1. The van der Waals surface area contributed by atoms with Crippen LogP contribution in [-0.4, -0.2) is 16.7 Å². The van der Waals surface area contributed by atoms with E-state index in [9.17, 15) is 4.79 Å². The molecular weight excluding hydrogens is 493 g/mol. The van der Waals surface area contributed by atoms with Gasteiger partial charge in [-0.15, -0.1) is 0 Å². The Morgan fingerprint density at radius 2 is 1.64 bits per heavy atom. The number of amides is 1. The second-order valence-electron chi connectivity index (χ2n) is 8.14. The van der Waals surface area contributed by atoms with E-state index in [4.69, 9.17) is 27.6 Å².